The van der Waals surface area contributed by atoms with Crippen LogP contribution in [0.25, 0.3) is 0 Å². The van der Waals surface area contributed by atoms with Gasteiger partial charge in [0.25, 0.3) is 5.91 Å². The molecule has 1 saturated heterocycles. The highest BCUT2D eigenvalue weighted by molar-refractivity contribution is 5.92. The maximum absolute atomic E-state index is 12.8. The highest BCUT2D eigenvalue weighted by atomic mass is 16.5. The number of ether oxygens (including phenoxy) is 3. The zero-order chi connectivity index (χ0) is 19.1. The molecule has 0 aliphatic carbocycles. The van der Waals surface area contributed by atoms with Crippen LogP contribution in [-0.4, -0.2) is 49.4 Å². The molecule has 0 bridgehead atoms. The number of hydrogen-bond donors (Lipinski definition) is 0. The molecule has 0 radical (unpaired) electrons. The molecule has 1 aliphatic rings. The quantitative estimate of drug-likeness (QED) is 0.706. The second-order valence-corrected chi connectivity index (χ2v) is 6.58. The van der Waals surface area contributed by atoms with Crippen LogP contribution in [0.15, 0.2) is 34.9 Å². The van der Waals surface area contributed by atoms with Crippen molar-refractivity contribution in [2.24, 2.45) is 0 Å². The Balaban J connectivity index is 1.61. The molecule has 1 amide bonds. The second-order valence-electron chi connectivity index (χ2n) is 6.58. The van der Waals surface area contributed by atoms with Crippen molar-refractivity contribution in [3.8, 4) is 11.5 Å². The molecular formula is C20H26N2O5. The van der Waals surface area contributed by atoms with Crippen molar-refractivity contribution in [3.63, 3.8) is 0 Å². The van der Waals surface area contributed by atoms with Gasteiger partial charge in [-0.15, -0.1) is 0 Å². The smallest absolute Gasteiger partial charge is 0.276 e. The van der Waals surface area contributed by atoms with Crippen LogP contribution in [0.4, 0.5) is 0 Å². The fourth-order valence-electron chi connectivity index (χ4n) is 3.30. The van der Waals surface area contributed by atoms with E-state index in [1.54, 1.807) is 26.4 Å². The first-order chi connectivity index (χ1) is 13.2. The molecule has 0 N–H and O–H groups in total. The van der Waals surface area contributed by atoms with E-state index in [4.69, 9.17) is 18.7 Å². The number of carbonyl (C=O) groups is 1. The summed E-state index contributed by atoms with van der Waals surface area (Å²) in [5.41, 5.74) is 0.323. The summed E-state index contributed by atoms with van der Waals surface area (Å²) < 4.78 is 21.3. The van der Waals surface area contributed by atoms with Gasteiger partial charge in [0.05, 0.1) is 7.11 Å². The Hall–Kier alpha value is -2.54. The van der Waals surface area contributed by atoms with Crippen LogP contribution >= 0.6 is 0 Å². The predicted molar refractivity (Wildman–Crippen MR) is 99.0 cm³/mol. The van der Waals surface area contributed by atoms with E-state index in [0.717, 1.165) is 32.2 Å². The van der Waals surface area contributed by atoms with Gasteiger partial charge in [0.15, 0.2) is 11.5 Å². The lowest BCUT2D eigenvalue weighted by Crippen LogP contribution is -2.44. The van der Waals surface area contributed by atoms with Crippen LogP contribution in [0.1, 0.15) is 41.9 Å². The first kappa shape index (κ1) is 19.2. The molecule has 0 unspecified atom stereocenters. The predicted octanol–water partition coefficient (Wildman–Crippen LogP) is 3.29. The normalized spacial score (nSPS) is 17.0. The zero-order valence-electron chi connectivity index (χ0n) is 15.8. The molecule has 1 fully saturated rings. The van der Waals surface area contributed by atoms with E-state index < -0.39 is 0 Å². The Morgan fingerprint density at radius 2 is 2.11 bits per heavy atom. The third-order valence-electron chi connectivity index (χ3n) is 4.74. The van der Waals surface area contributed by atoms with Gasteiger partial charge in [-0.3, -0.25) is 4.79 Å². The van der Waals surface area contributed by atoms with Crippen LogP contribution in [0, 0.1) is 0 Å². The number of nitrogens with zero attached hydrogens (tertiary/aromatic N) is 2. The molecule has 0 saturated carbocycles. The van der Waals surface area contributed by atoms with E-state index in [9.17, 15) is 4.79 Å². The Bertz CT molecular complexity index is 745. The average molecular weight is 374 g/mol. The first-order valence-corrected chi connectivity index (χ1v) is 9.23. The largest absolute Gasteiger partial charge is 0.497 e. The number of amides is 1. The third kappa shape index (κ3) is 5.01. The van der Waals surface area contributed by atoms with Crippen molar-refractivity contribution >= 4 is 5.91 Å². The Morgan fingerprint density at radius 1 is 1.26 bits per heavy atom. The molecule has 3 rings (SSSR count). The summed E-state index contributed by atoms with van der Waals surface area (Å²) in [5, 5.41) is 3.95. The zero-order valence-corrected chi connectivity index (χ0v) is 15.8. The lowest BCUT2D eigenvalue weighted by Gasteiger charge is -2.35. The maximum Gasteiger partial charge on any atom is 0.276 e. The van der Waals surface area contributed by atoms with Gasteiger partial charge in [-0.1, -0.05) is 11.2 Å². The van der Waals surface area contributed by atoms with Gasteiger partial charge in [-0.25, -0.2) is 0 Å². The summed E-state index contributed by atoms with van der Waals surface area (Å²) in [6, 6.07) is 9.16. The van der Waals surface area contributed by atoms with Crippen molar-refractivity contribution in [1.29, 1.82) is 0 Å². The van der Waals surface area contributed by atoms with Gasteiger partial charge in [-0.2, -0.15) is 0 Å². The second kappa shape index (κ2) is 9.41. The highest BCUT2D eigenvalue weighted by Gasteiger charge is 2.29. The van der Waals surface area contributed by atoms with Crippen LogP contribution < -0.4 is 9.47 Å². The molecule has 1 aromatic carbocycles. The molecule has 7 nitrogen and oxygen atoms in total. The van der Waals surface area contributed by atoms with Crippen LogP contribution in [0.2, 0.25) is 0 Å². The SMILES string of the molecule is COCC[C@H]1CCCCN1C(=O)c1cc(COc2cccc(OC)c2)on1. The van der Waals surface area contributed by atoms with E-state index in [0.29, 0.717) is 29.6 Å². The first-order valence-electron chi connectivity index (χ1n) is 9.23. The number of methoxy groups -OCH3 is 2. The van der Waals surface area contributed by atoms with E-state index in [-0.39, 0.29) is 18.6 Å². The van der Waals surface area contributed by atoms with Crippen molar-refractivity contribution < 1.29 is 23.5 Å². The van der Waals surface area contributed by atoms with Gasteiger partial charge in [-0.05, 0) is 37.8 Å². The van der Waals surface area contributed by atoms with Gasteiger partial charge in [0.2, 0.25) is 0 Å². The molecular weight excluding hydrogens is 348 g/mol. The van der Waals surface area contributed by atoms with E-state index in [1.165, 1.54) is 0 Å². The summed E-state index contributed by atoms with van der Waals surface area (Å²) in [6.07, 6.45) is 3.99. The maximum atomic E-state index is 12.8. The number of aromatic nitrogens is 1. The number of carbonyl (C=O) groups excluding carboxylic acids is 1. The van der Waals surface area contributed by atoms with Crippen molar-refractivity contribution in [3.05, 3.63) is 41.8 Å². The number of rotatable bonds is 8. The van der Waals surface area contributed by atoms with E-state index >= 15 is 0 Å². The molecule has 7 heteroatoms. The van der Waals surface area contributed by atoms with Crippen molar-refractivity contribution in [1.82, 2.24) is 10.1 Å². The summed E-state index contributed by atoms with van der Waals surface area (Å²) in [4.78, 5) is 14.7. The van der Waals surface area contributed by atoms with Gasteiger partial charge in [0.1, 0.15) is 18.1 Å². The summed E-state index contributed by atoms with van der Waals surface area (Å²) in [5.74, 6) is 1.79. The molecule has 2 aromatic rings. The van der Waals surface area contributed by atoms with Gasteiger partial charge in [0, 0.05) is 38.4 Å². The van der Waals surface area contributed by atoms with E-state index in [2.05, 4.69) is 5.16 Å². The minimum atomic E-state index is -0.0906. The number of likely N-dealkylation sites (tertiary alicyclic amines) is 1. The lowest BCUT2D eigenvalue weighted by atomic mass is 9.99. The Morgan fingerprint density at radius 3 is 2.93 bits per heavy atom. The molecule has 1 atom stereocenters. The Labute approximate surface area is 159 Å². The fraction of sp³-hybridized carbons (Fsp3) is 0.500. The van der Waals surface area contributed by atoms with Crippen LogP contribution in [0.5, 0.6) is 11.5 Å². The van der Waals surface area contributed by atoms with E-state index in [1.807, 2.05) is 23.1 Å². The average Bonchev–Trinajstić information content (AvgIpc) is 3.19. The van der Waals surface area contributed by atoms with Crippen LogP contribution in [-0.2, 0) is 11.3 Å². The highest BCUT2D eigenvalue weighted by Crippen LogP contribution is 2.23. The number of piperidine rings is 1. The third-order valence-corrected chi connectivity index (χ3v) is 4.74. The standard InChI is InChI=1S/C20H26N2O5/c1-24-11-9-15-6-3-4-10-22(15)20(23)19-13-18(27-21-19)14-26-17-8-5-7-16(12-17)25-2/h5,7-8,12-13,15H,3-4,6,9-11,14H2,1-2H3/t15-/m1/s1. The minimum Gasteiger partial charge on any atom is -0.497 e. The molecule has 1 aromatic heterocycles. The fourth-order valence-corrected chi connectivity index (χ4v) is 3.30. The van der Waals surface area contributed by atoms with Crippen molar-refractivity contribution in [2.45, 2.75) is 38.3 Å². The molecule has 1 aliphatic heterocycles. The number of hydrogen-bond acceptors (Lipinski definition) is 6. The molecule has 146 valence electrons. The molecule has 27 heavy (non-hydrogen) atoms. The minimum absolute atomic E-state index is 0.0906. The number of benzene rings is 1. The lowest BCUT2D eigenvalue weighted by molar-refractivity contribution is 0.0543. The Kier molecular flexibility index (Phi) is 6.70. The molecule has 2 heterocycles. The van der Waals surface area contributed by atoms with Gasteiger partial charge < -0.3 is 23.6 Å². The summed E-state index contributed by atoms with van der Waals surface area (Å²) in [7, 11) is 3.29. The summed E-state index contributed by atoms with van der Waals surface area (Å²) in [6.45, 7) is 1.59. The monoisotopic (exact) mass is 374 g/mol. The topological polar surface area (TPSA) is 74.0 Å². The van der Waals surface area contributed by atoms with Crippen LogP contribution in [0.3, 0.4) is 0 Å². The van der Waals surface area contributed by atoms with Gasteiger partial charge >= 0.3 is 0 Å². The molecule has 0 spiro atoms. The summed E-state index contributed by atoms with van der Waals surface area (Å²) >= 11 is 0. The van der Waals surface area contributed by atoms with Crippen molar-refractivity contribution in [2.75, 3.05) is 27.4 Å².